The number of nitrogens with one attached hydrogen (secondary N) is 1. The molecule has 0 heterocycles. The van der Waals surface area contributed by atoms with E-state index in [0.717, 1.165) is 28.9 Å². The van der Waals surface area contributed by atoms with Gasteiger partial charge in [0.25, 0.3) is 5.91 Å². The maximum absolute atomic E-state index is 12.1. The summed E-state index contributed by atoms with van der Waals surface area (Å²) in [6.45, 7) is 6.40. The van der Waals surface area contributed by atoms with Crippen molar-refractivity contribution in [3.8, 4) is 5.75 Å². The van der Waals surface area contributed by atoms with Crippen molar-refractivity contribution in [2.75, 3.05) is 11.9 Å². The fourth-order valence-electron chi connectivity index (χ4n) is 2.74. The van der Waals surface area contributed by atoms with Crippen LogP contribution in [0.4, 0.5) is 5.69 Å². The summed E-state index contributed by atoms with van der Waals surface area (Å²) in [4.78, 5) is 23.7. The molecule has 5 heteroatoms. The van der Waals surface area contributed by atoms with Crippen molar-refractivity contribution in [3.05, 3.63) is 58.7 Å². The van der Waals surface area contributed by atoms with Crippen LogP contribution < -0.4 is 15.8 Å². The molecule has 0 atom stereocenters. The Balaban J connectivity index is 1.79. The molecule has 0 aliphatic heterocycles. The van der Waals surface area contributed by atoms with Crippen molar-refractivity contribution >= 4 is 17.5 Å². The van der Waals surface area contributed by atoms with Gasteiger partial charge in [0.2, 0.25) is 5.91 Å². The number of hydrogen-bond acceptors (Lipinski definition) is 3. The number of anilines is 1. The van der Waals surface area contributed by atoms with Gasteiger partial charge < -0.3 is 15.8 Å². The zero-order chi connectivity index (χ0) is 19.1. The van der Waals surface area contributed by atoms with Gasteiger partial charge in [0, 0.05) is 6.42 Å². The second-order valence-corrected chi connectivity index (χ2v) is 6.48. The molecule has 2 amide bonds. The van der Waals surface area contributed by atoms with Gasteiger partial charge in [-0.25, -0.2) is 0 Å². The number of nitrogens with two attached hydrogens (primary N) is 1. The average Bonchev–Trinajstić information content (AvgIpc) is 2.57. The van der Waals surface area contributed by atoms with Crippen molar-refractivity contribution in [2.24, 2.45) is 5.73 Å². The van der Waals surface area contributed by atoms with E-state index >= 15 is 0 Å². The minimum absolute atomic E-state index is 0.134. The Kier molecular flexibility index (Phi) is 6.78. The maximum atomic E-state index is 12.1. The third-order valence-corrected chi connectivity index (χ3v) is 4.19. The first-order chi connectivity index (χ1) is 12.4. The lowest BCUT2D eigenvalue weighted by Gasteiger charge is -2.12. The van der Waals surface area contributed by atoms with Crippen LogP contribution in [0.3, 0.4) is 0 Å². The van der Waals surface area contributed by atoms with Gasteiger partial charge >= 0.3 is 0 Å². The highest BCUT2D eigenvalue weighted by Crippen LogP contribution is 2.20. The van der Waals surface area contributed by atoms with Crippen LogP contribution in [0.5, 0.6) is 5.75 Å². The second-order valence-electron chi connectivity index (χ2n) is 6.48. The Morgan fingerprint density at radius 1 is 1.04 bits per heavy atom. The Morgan fingerprint density at radius 3 is 2.54 bits per heavy atom. The summed E-state index contributed by atoms with van der Waals surface area (Å²) in [5, 5.41) is 2.78. The van der Waals surface area contributed by atoms with Crippen LogP contribution in [0.15, 0.2) is 36.4 Å². The number of hydrogen-bond donors (Lipinski definition) is 2. The lowest BCUT2D eigenvalue weighted by Crippen LogP contribution is -2.19. The van der Waals surface area contributed by atoms with E-state index in [-0.39, 0.29) is 5.91 Å². The van der Waals surface area contributed by atoms with Crippen molar-refractivity contribution in [1.82, 2.24) is 0 Å². The molecule has 0 unspecified atom stereocenters. The van der Waals surface area contributed by atoms with Crippen LogP contribution in [0, 0.1) is 20.8 Å². The number of ether oxygens (including phenoxy) is 1. The average molecular weight is 354 g/mol. The molecule has 0 fully saturated rings. The minimum Gasteiger partial charge on any atom is -0.493 e. The number of unbranched alkanes of at least 4 members (excludes halogenated alkanes) is 1. The van der Waals surface area contributed by atoms with Gasteiger partial charge in [-0.3, -0.25) is 9.59 Å². The Bertz CT molecular complexity index is 800. The highest BCUT2D eigenvalue weighted by molar-refractivity contribution is 6.04. The standard InChI is InChI=1S/C21H26N2O3/c1-14-10-11-15(2)18(13-14)26-12-5-4-9-19(24)23-17-8-6-7-16(3)20(17)21(22)25/h6-8,10-11,13H,4-5,9,12H2,1-3H3,(H2,22,25)(H,23,24). The zero-order valence-electron chi connectivity index (χ0n) is 15.6. The van der Waals surface area contributed by atoms with Crippen LogP contribution in [0.2, 0.25) is 0 Å². The Labute approximate surface area is 154 Å². The van der Waals surface area contributed by atoms with E-state index in [2.05, 4.69) is 11.4 Å². The summed E-state index contributed by atoms with van der Waals surface area (Å²) in [5.41, 5.74) is 9.24. The lowest BCUT2D eigenvalue weighted by molar-refractivity contribution is -0.116. The van der Waals surface area contributed by atoms with Gasteiger partial charge in [-0.1, -0.05) is 24.3 Å². The van der Waals surface area contributed by atoms with Crippen LogP contribution in [-0.4, -0.2) is 18.4 Å². The van der Waals surface area contributed by atoms with Gasteiger partial charge in [-0.05, 0) is 62.4 Å². The third-order valence-electron chi connectivity index (χ3n) is 4.19. The number of carbonyl (C=O) groups is 2. The Hall–Kier alpha value is -2.82. The molecule has 2 rings (SSSR count). The fourth-order valence-corrected chi connectivity index (χ4v) is 2.74. The van der Waals surface area contributed by atoms with Gasteiger partial charge in [0.15, 0.2) is 0 Å². The quantitative estimate of drug-likeness (QED) is 0.706. The topological polar surface area (TPSA) is 81.4 Å². The first-order valence-corrected chi connectivity index (χ1v) is 8.78. The molecule has 3 N–H and O–H groups in total. The van der Waals surface area contributed by atoms with E-state index in [4.69, 9.17) is 10.5 Å². The van der Waals surface area contributed by atoms with Crippen molar-refractivity contribution < 1.29 is 14.3 Å². The molecule has 5 nitrogen and oxygen atoms in total. The number of benzene rings is 2. The molecule has 0 bridgehead atoms. The number of aryl methyl sites for hydroxylation is 3. The zero-order valence-corrected chi connectivity index (χ0v) is 15.6. The Morgan fingerprint density at radius 2 is 1.81 bits per heavy atom. The predicted molar refractivity (Wildman–Crippen MR) is 104 cm³/mol. The summed E-state index contributed by atoms with van der Waals surface area (Å²) in [5.74, 6) is 0.213. The van der Waals surface area contributed by atoms with E-state index < -0.39 is 5.91 Å². The predicted octanol–water partition coefficient (Wildman–Crippen LogP) is 3.90. The largest absolute Gasteiger partial charge is 0.493 e. The van der Waals surface area contributed by atoms with Gasteiger partial charge in [-0.15, -0.1) is 0 Å². The molecule has 2 aromatic carbocycles. The number of amides is 2. The van der Waals surface area contributed by atoms with Crippen molar-refractivity contribution in [2.45, 2.75) is 40.0 Å². The molecule has 0 spiro atoms. The molecular formula is C21H26N2O3. The molecule has 138 valence electrons. The summed E-state index contributed by atoms with van der Waals surface area (Å²) in [6.07, 6.45) is 1.84. The molecule has 26 heavy (non-hydrogen) atoms. The lowest BCUT2D eigenvalue weighted by atomic mass is 10.1. The van der Waals surface area contributed by atoms with Gasteiger partial charge in [0.05, 0.1) is 17.9 Å². The first kappa shape index (κ1) is 19.5. The molecule has 2 aromatic rings. The van der Waals surface area contributed by atoms with Crippen LogP contribution in [0.25, 0.3) is 0 Å². The molecule has 0 aromatic heterocycles. The minimum atomic E-state index is -0.541. The van der Waals surface area contributed by atoms with E-state index in [0.29, 0.717) is 30.7 Å². The van der Waals surface area contributed by atoms with E-state index in [1.54, 1.807) is 25.1 Å². The van der Waals surface area contributed by atoms with Crippen LogP contribution >= 0.6 is 0 Å². The van der Waals surface area contributed by atoms with Crippen molar-refractivity contribution in [3.63, 3.8) is 0 Å². The molecule has 0 aliphatic carbocycles. The summed E-state index contributed by atoms with van der Waals surface area (Å²) in [7, 11) is 0. The summed E-state index contributed by atoms with van der Waals surface area (Å²) < 4.78 is 5.79. The first-order valence-electron chi connectivity index (χ1n) is 8.78. The normalized spacial score (nSPS) is 10.4. The van der Waals surface area contributed by atoms with Gasteiger partial charge in [-0.2, -0.15) is 0 Å². The van der Waals surface area contributed by atoms with Crippen LogP contribution in [-0.2, 0) is 4.79 Å². The molecule has 0 aliphatic rings. The highest BCUT2D eigenvalue weighted by atomic mass is 16.5. The van der Waals surface area contributed by atoms with E-state index in [1.807, 2.05) is 26.0 Å². The van der Waals surface area contributed by atoms with Gasteiger partial charge in [0.1, 0.15) is 5.75 Å². The molecule has 0 saturated carbocycles. The van der Waals surface area contributed by atoms with E-state index in [9.17, 15) is 9.59 Å². The third kappa shape index (κ3) is 5.34. The number of carbonyl (C=O) groups excluding carboxylic acids is 2. The monoisotopic (exact) mass is 354 g/mol. The van der Waals surface area contributed by atoms with E-state index in [1.165, 1.54) is 0 Å². The number of rotatable bonds is 8. The van der Waals surface area contributed by atoms with Crippen LogP contribution in [0.1, 0.15) is 46.3 Å². The highest BCUT2D eigenvalue weighted by Gasteiger charge is 2.13. The van der Waals surface area contributed by atoms with Crippen molar-refractivity contribution in [1.29, 1.82) is 0 Å². The maximum Gasteiger partial charge on any atom is 0.251 e. The molecule has 0 radical (unpaired) electrons. The summed E-state index contributed by atoms with van der Waals surface area (Å²) in [6, 6.07) is 11.4. The SMILES string of the molecule is Cc1ccc(C)c(OCCCCC(=O)Nc2cccc(C)c2C(N)=O)c1. The number of primary amides is 1. The summed E-state index contributed by atoms with van der Waals surface area (Å²) >= 11 is 0. The molecular weight excluding hydrogens is 328 g/mol. The molecule has 0 saturated heterocycles. The second kappa shape index (κ2) is 9.04. The smallest absolute Gasteiger partial charge is 0.251 e. The fraction of sp³-hybridized carbons (Fsp3) is 0.333.